The first-order chi connectivity index (χ1) is 13.3. The van der Waals surface area contributed by atoms with Gasteiger partial charge in [-0.1, -0.05) is 25.3 Å². The number of fused-ring (bicyclic) bond motifs is 3. The first kappa shape index (κ1) is 18.2. The minimum atomic E-state index is -1.43. The zero-order valence-corrected chi connectivity index (χ0v) is 18.2. The van der Waals surface area contributed by atoms with Gasteiger partial charge in [0.15, 0.2) is 11.5 Å². The van der Waals surface area contributed by atoms with Gasteiger partial charge in [0.05, 0.1) is 8.07 Å². The van der Waals surface area contributed by atoms with Gasteiger partial charge in [0, 0.05) is 31.3 Å². The SMILES string of the molecule is CC(=O)O[C@H]1C[C@@H]2c3cc4c(cc3CN3CC[C@@H](/C1=C/[Si](C)(C)C)[C@@H]23)OCO4. The maximum atomic E-state index is 11.9. The molecular weight excluding hydrogens is 370 g/mol. The van der Waals surface area contributed by atoms with Crippen molar-refractivity contribution in [3.63, 3.8) is 0 Å². The summed E-state index contributed by atoms with van der Waals surface area (Å²) in [4.78, 5) is 14.5. The van der Waals surface area contributed by atoms with Crippen LogP contribution in [0.1, 0.15) is 36.8 Å². The maximum Gasteiger partial charge on any atom is 0.303 e. The van der Waals surface area contributed by atoms with Crippen molar-refractivity contribution in [2.24, 2.45) is 5.92 Å². The molecule has 0 spiro atoms. The second-order valence-corrected chi connectivity index (χ2v) is 14.7. The molecule has 3 heterocycles. The number of nitrogens with zero attached hydrogens (tertiary/aromatic N) is 1. The van der Waals surface area contributed by atoms with Crippen LogP contribution in [0.25, 0.3) is 0 Å². The highest BCUT2D eigenvalue weighted by atomic mass is 28.3. The predicted octanol–water partition coefficient (Wildman–Crippen LogP) is 3.84. The third-order valence-electron chi connectivity index (χ3n) is 6.56. The quantitative estimate of drug-likeness (QED) is 0.559. The van der Waals surface area contributed by atoms with Gasteiger partial charge >= 0.3 is 5.97 Å². The molecule has 0 unspecified atom stereocenters. The Bertz CT molecular complexity index is 859. The molecule has 0 aromatic heterocycles. The van der Waals surface area contributed by atoms with E-state index in [4.69, 9.17) is 14.2 Å². The van der Waals surface area contributed by atoms with Gasteiger partial charge < -0.3 is 14.2 Å². The molecule has 1 saturated carbocycles. The lowest BCUT2D eigenvalue weighted by Crippen LogP contribution is -2.48. The summed E-state index contributed by atoms with van der Waals surface area (Å²) in [5, 5.41) is 0. The smallest absolute Gasteiger partial charge is 0.303 e. The van der Waals surface area contributed by atoms with Crippen molar-refractivity contribution < 1.29 is 19.0 Å². The largest absolute Gasteiger partial charge is 0.458 e. The molecule has 1 saturated heterocycles. The lowest BCUT2D eigenvalue weighted by atomic mass is 9.68. The number of rotatable bonds is 2. The van der Waals surface area contributed by atoms with Crippen LogP contribution >= 0.6 is 0 Å². The van der Waals surface area contributed by atoms with Crippen LogP contribution in [-0.2, 0) is 16.1 Å². The molecule has 0 radical (unpaired) electrons. The lowest BCUT2D eigenvalue weighted by molar-refractivity contribution is -0.146. The van der Waals surface area contributed by atoms with Crippen LogP contribution in [-0.4, -0.2) is 44.4 Å². The van der Waals surface area contributed by atoms with E-state index in [0.29, 0.717) is 24.7 Å². The summed E-state index contributed by atoms with van der Waals surface area (Å²) >= 11 is 0. The summed E-state index contributed by atoms with van der Waals surface area (Å²) in [6.45, 7) is 11.0. The molecule has 5 nitrogen and oxygen atoms in total. The van der Waals surface area contributed by atoms with Crippen LogP contribution in [0.3, 0.4) is 0 Å². The molecule has 1 aromatic rings. The number of hydrogen-bond acceptors (Lipinski definition) is 5. The zero-order valence-electron chi connectivity index (χ0n) is 17.2. The van der Waals surface area contributed by atoms with E-state index in [9.17, 15) is 4.79 Å². The number of benzene rings is 1. The maximum absolute atomic E-state index is 11.9. The monoisotopic (exact) mass is 399 g/mol. The Hall–Kier alpha value is -1.79. The molecule has 1 aliphatic carbocycles. The van der Waals surface area contributed by atoms with Crippen molar-refractivity contribution in [2.75, 3.05) is 13.3 Å². The molecule has 4 atom stereocenters. The molecule has 2 fully saturated rings. The average molecular weight is 400 g/mol. The van der Waals surface area contributed by atoms with Crippen LogP contribution in [0.2, 0.25) is 19.6 Å². The van der Waals surface area contributed by atoms with E-state index >= 15 is 0 Å². The Morgan fingerprint density at radius 1 is 1.21 bits per heavy atom. The number of ether oxygens (including phenoxy) is 3. The minimum absolute atomic E-state index is 0.105. The van der Waals surface area contributed by atoms with E-state index in [1.54, 1.807) is 0 Å². The molecule has 1 aromatic carbocycles. The van der Waals surface area contributed by atoms with Crippen LogP contribution in [0, 0.1) is 5.92 Å². The molecule has 0 bridgehead atoms. The zero-order chi connectivity index (χ0) is 19.6. The number of carbonyl (C=O) groups is 1. The first-order valence-corrected chi connectivity index (χ1v) is 13.9. The molecule has 0 amide bonds. The fourth-order valence-corrected chi connectivity index (χ4v) is 7.14. The van der Waals surface area contributed by atoms with Crippen molar-refractivity contribution in [1.82, 2.24) is 4.90 Å². The fraction of sp³-hybridized carbons (Fsp3) is 0.591. The van der Waals surface area contributed by atoms with Gasteiger partial charge in [-0.15, -0.1) is 0 Å². The highest BCUT2D eigenvalue weighted by molar-refractivity contribution is 6.81. The standard InChI is InChI=1S/C22H29NO4Si/c1-13(24)27-19-9-17-16-8-21-20(25-12-26-21)7-14(16)10-23-6-5-15(22(17)23)18(19)11-28(2,3)4/h7-8,11,15,17,19,22H,5-6,9-10,12H2,1-4H3/b18-11-/t15-,17+,19-,22-/m0/s1. The van der Waals surface area contributed by atoms with Gasteiger partial charge in [-0.25, -0.2) is 0 Å². The van der Waals surface area contributed by atoms with Crippen molar-refractivity contribution in [3.8, 4) is 11.5 Å². The van der Waals surface area contributed by atoms with Crippen LogP contribution in [0.5, 0.6) is 11.5 Å². The molecule has 4 aliphatic rings. The molecule has 28 heavy (non-hydrogen) atoms. The third-order valence-corrected chi connectivity index (χ3v) is 7.76. The van der Waals surface area contributed by atoms with E-state index in [1.807, 2.05) is 0 Å². The van der Waals surface area contributed by atoms with E-state index in [1.165, 1.54) is 23.6 Å². The van der Waals surface area contributed by atoms with Crippen LogP contribution in [0.4, 0.5) is 0 Å². The van der Waals surface area contributed by atoms with Gasteiger partial charge in [0.2, 0.25) is 6.79 Å². The van der Waals surface area contributed by atoms with Gasteiger partial charge in [-0.3, -0.25) is 9.69 Å². The van der Waals surface area contributed by atoms with E-state index in [0.717, 1.165) is 37.4 Å². The van der Waals surface area contributed by atoms with E-state index < -0.39 is 8.07 Å². The summed E-state index contributed by atoms with van der Waals surface area (Å²) < 4.78 is 17.2. The Labute approximate surface area is 167 Å². The minimum Gasteiger partial charge on any atom is -0.458 e. The van der Waals surface area contributed by atoms with E-state index in [-0.39, 0.29) is 12.1 Å². The fourth-order valence-electron chi connectivity index (χ4n) is 5.74. The van der Waals surface area contributed by atoms with Crippen LogP contribution < -0.4 is 9.47 Å². The number of esters is 1. The van der Waals surface area contributed by atoms with Crippen LogP contribution in [0.15, 0.2) is 23.4 Å². The Morgan fingerprint density at radius 3 is 2.68 bits per heavy atom. The highest BCUT2D eigenvalue weighted by Crippen LogP contribution is 2.53. The van der Waals surface area contributed by atoms with Crippen molar-refractivity contribution in [3.05, 3.63) is 34.5 Å². The predicted molar refractivity (Wildman–Crippen MR) is 109 cm³/mol. The third kappa shape index (κ3) is 2.97. The Balaban J connectivity index is 1.59. The topological polar surface area (TPSA) is 48.0 Å². The second kappa shape index (κ2) is 6.36. The average Bonchev–Trinajstić information content (AvgIpc) is 3.22. The summed E-state index contributed by atoms with van der Waals surface area (Å²) in [6, 6.07) is 4.85. The lowest BCUT2D eigenvalue weighted by Gasteiger charge is -2.47. The summed E-state index contributed by atoms with van der Waals surface area (Å²) in [5.74, 6) is 2.39. The molecule has 0 N–H and O–H groups in total. The van der Waals surface area contributed by atoms with Crippen molar-refractivity contribution in [1.29, 1.82) is 0 Å². The normalized spacial score (nSPS) is 32.2. The van der Waals surface area contributed by atoms with Gasteiger partial charge in [-0.2, -0.15) is 0 Å². The van der Waals surface area contributed by atoms with E-state index in [2.05, 4.69) is 42.4 Å². The Kier molecular flexibility index (Phi) is 4.14. The highest BCUT2D eigenvalue weighted by Gasteiger charge is 2.51. The van der Waals surface area contributed by atoms with Crippen molar-refractivity contribution in [2.45, 2.75) is 64.0 Å². The first-order valence-electron chi connectivity index (χ1n) is 10.4. The number of carbonyl (C=O) groups excluding carboxylic acids is 1. The Morgan fingerprint density at radius 2 is 1.96 bits per heavy atom. The van der Waals surface area contributed by atoms with Gasteiger partial charge in [0.1, 0.15) is 6.10 Å². The summed E-state index contributed by atoms with van der Waals surface area (Å²) in [6.07, 6.45) is 1.91. The van der Waals surface area contributed by atoms with Gasteiger partial charge in [-0.05, 0) is 48.2 Å². The summed E-state index contributed by atoms with van der Waals surface area (Å²) in [5.41, 5.74) is 6.59. The molecule has 3 aliphatic heterocycles. The summed E-state index contributed by atoms with van der Waals surface area (Å²) in [7, 11) is -1.43. The van der Waals surface area contributed by atoms with Crippen molar-refractivity contribution >= 4 is 14.0 Å². The number of hydrogen-bond donors (Lipinski definition) is 0. The molecular formula is C22H29NO4Si. The molecule has 6 heteroatoms. The molecule has 150 valence electrons. The molecule has 5 rings (SSSR count). The van der Waals surface area contributed by atoms with Gasteiger partial charge in [0.25, 0.3) is 0 Å². The second-order valence-electron chi connectivity index (χ2n) is 9.71.